The average Bonchev–Trinajstić information content (AvgIpc) is 3.22. The fourth-order valence-corrected chi connectivity index (χ4v) is 5.42. The van der Waals surface area contributed by atoms with Gasteiger partial charge in [-0.25, -0.2) is 9.97 Å². The summed E-state index contributed by atoms with van der Waals surface area (Å²) in [7, 11) is 0. The molecule has 0 saturated carbocycles. The van der Waals surface area contributed by atoms with Crippen LogP contribution in [0.15, 0.2) is 59.8 Å². The molecule has 1 saturated heterocycles. The van der Waals surface area contributed by atoms with Gasteiger partial charge in [-0.3, -0.25) is 4.79 Å². The number of para-hydroxylation sites is 1. The Morgan fingerprint density at radius 3 is 2.56 bits per heavy atom. The fourth-order valence-electron chi connectivity index (χ4n) is 4.48. The van der Waals surface area contributed by atoms with Gasteiger partial charge in [-0.05, 0) is 56.7 Å². The molecule has 1 aliphatic rings. The van der Waals surface area contributed by atoms with Gasteiger partial charge in [0.25, 0.3) is 0 Å². The van der Waals surface area contributed by atoms with Crippen LogP contribution in [-0.4, -0.2) is 48.7 Å². The number of piperidine rings is 1. The van der Waals surface area contributed by atoms with Gasteiger partial charge < -0.3 is 4.90 Å². The van der Waals surface area contributed by atoms with Gasteiger partial charge in [0.15, 0.2) is 10.8 Å². The van der Waals surface area contributed by atoms with Crippen LogP contribution in [0.5, 0.6) is 0 Å². The lowest BCUT2D eigenvalue weighted by atomic mass is 9.90. The van der Waals surface area contributed by atoms with Crippen molar-refractivity contribution < 1.29 is 4.79 Å². The highest BCUT2D eigenvalue weighted by Gasteiger charge is 2.28. The van der Waals surface area contributed by atoms with E-state index in [4.69, 9.17) is 4.98 Å². The number of rotatable bonds is 5. The molecule has 32 heavy (non-hydrogen) atoms. The lowest BCUT2D eigenvalue weighted by molar-refractivity contribution is -0.131. The van der Waals surface area contributed by atoms with E-state index in [0.29, 0.717) is 16.9 Å². The summed E-state index contributed by atoms with van der Waals surface area (Å²) in [5, 5.41) is 5.98. The summed E-state index contributed by atoms with van der Waals surface area (Å²) in [6.07, 6.45) is 3.20. The molecule has 1 fully saturated rings. The van der Waals surface area contributed by atoms with Crippen molar-refractivity contribution >= 4 is 34.2 Å². The molecule has 4 aromatic rings. The quantitative estimate of drug-likeness (QED) is 0.333. The predicted molar refractivity (Wildman–Crippen MR) is 128 cm³/mol. The molecule has 0 bridgehead atoms. The zero-order chi connectivity index (χ0) is 22.1. The molecule has 2 aromatic carbocycles. The molecule has 164 valence electrons. The molecule has 1 aliphatic heterocycles. The summed E-state index contributed by atoms with van der Waals surface area (Å²) in [6.45, 7) is 5.49. The smallest absolute Gasteiger partial charge is 0.235 e. The zero-order valence-corrected chi connectivity index (χ0v) is 19.3. The van der Waals surface area contributed by atoms with Crippen LogP contribution in [0, 0.1) is 12.8 Å². The van der Waals surface area contributed by atoms with E-state index >= 15 is 0 Å². The van der Waals surface area contributed by atoms with Crippen LogP contribution in [-0.2, 0) is 11.2 Å². The molecule has 0 spiro atoms. The first-order valence-corrected chi connectivity index (χ1v) is 12.1. The number of fused-ring (bicyclic) bond motifs is 3. The van der Waals surface area contributed by atoms with Gasteiger partial charge in [-0.1, -0.05) is 54.2 Å². The molecule has 1 atom stereocenters. The summed E-state index contributed by atoms with van der Waals surface area (Å²) >= 11 is 1.46. The number of nitrogens with zero attached hydrogens (tertiary/aromatic N) is 5. The molecule has 7 heteroatoms. The predicted octanol–water partition coefficient (Wildman–Crippen LogP) is 4.55. The average molecular weight is 446 g/mol. The molecule has 3 heterocycles. The number of aromatic nitrogens is 4. The van der Waals surface area contributed by atoms with Crippen molar-refractivity contribution in [3.05, 3.63) is 66.0 Å². The standard InChI is InChI=1S/C25H27N5OS/c1-17(24(31)29-14-12-20(13-15-29)16-19-8-4-3-5-9-19)32-25-27-22-11-7-6-10-21(22)23-26-18(2)28-30(23)25/h3-11,17,20H,12-16H2,1-2H3/t17-/m1/s1. The molecule has 1 amide bonds. The van der Waals surface area contributed by atoms with Crippen LogP contribution in [0.1, 0.15) is 31.2 Å². The molecular weight excluding hydrogens is 418 g/mol. The van der Waals surface area contributed by atoms with Crippen LogP contribution >= 0.6 is 11.8 Å². The van der Waals surface area contributed by atoms with Gasteiger partial charge in [-0.15, -0.1) is 5.10 Å². The number of likely N-dealkylation sites (tertiary alicyclic amines) is 1. The molecule has 0 radical (unpaired) electrons. The van der Waals surface area contributed by atoms with Gasteiger partial charge in [0, 0.05) is 18.5 Å². The fraction of sp³-hybridized carbons (Fsp3) is 0.360. The molecule has 0 aliphatic carbocycles. The largest absolute Gasteiger partial charge is 0.342 e. The van der Waals surface area contributed by atoms with Crippen molar-refractivity contribution in [3.63, 3.8) is 0 Å². The van der Waals surface area contributed by atoms with Crippen LogP contribution in [0.4, 0.5) is 0 Å². The van der Waals surface area contributed by atoms with Gasteiger partial charge in [-0.2, -0.15) is 4.52 Å². The number of hydrogen-bond donors (Lipinski definition) is 0. The first-order chi connectivity index (χ1) is 15.6. The number of aryl methyl sites for hydroxylation is 1. The highest BCUT2D eigenvalue weighted by molar-refractivity contribution is 8.00. The van der Waals surface area contributed by atoms with Gasteiger partial charge >= 0.3 is 0 Å². The van der Waals surface area contributed by atoms with Crippen LogP contribution < -0.4 is 0 Å². The van der Waals surface area contributed by atoms with Crippen molar-refractivity contribution in [1.82, 2.24) is 24.5 Å². The van der Waals surface area contributed by atoms with Crippen molar-refractivity contribution in [2.45, 2.75) is 43.5 Å². The topological polar surface area (TPSA) is 63.4 Å². The van der Waals surface area contributed by atoms with Gasteiger partial charge in [0.2, 0.25) is 5.91 Å². The van der Waals surface area contributed by atoms with E-state index < -0.39 is 0 Å². The van der Waals surface area contributed by atoms with Crippen LogP contribution in [0.2, 0.25) is 0 Å². The minimum absolute atomic E-state index is 0.174. The summed E-state index contributed by atoms with van der Waals surface area (Å²) in [6, 6.07) is 18.6. The molecule has 6 nitrogen and oxygen atoms in total. The molecule has 0 N–H and O–H groups in total. The molecule has 5 rings (SSSR count). The number of carbonyl (C=O) groups excluding carboxylic acids is 1. The Kier molecular flexibility index (Phi) is 5.83. The Morgan fingerprint density at radius 1 is 1.06 bits per heavy atom. The highest BCUT2D eigenvalue weighted by atomic mass is 32.2. The van der Waals surface area contributed by atoms with Crippen molar-refractivity contribution in [2.24, 2.45) is 5.92 Å². The Balaban J connectivity index is 1.27. The summed E-state index contributed by atoms with van der Waals surface area (Å²) in [5.41, 5.74) is 3.05. The maximum Gasteiger partial charge on any atom is 0.235 e. The van der Waals surface area contributed by atoms with E-state index in [2.05, 4.69) is 40.4 Å². The zero-order valence-electron chi connectivity index (χ0n) is 18.4. The second-order valence-electron chi connectivity index (χ2n) is 8.52. The number of thioether (sulfide) groups is 1. The first-order valence-electron chi connectivity index (χ1n) is 11.2. The van der Waals surface area contributed by atoms with Gasteiger partial charge in [0.05, 0.1) is 10.8 Å². The Morgan fingerprint density at radius 2 is 1.78 bits per heavy atom. The van der Waals surface area contributed by atoms with Crippen molar-refractivity contribution in [3.8, 4) is 0 Å². The maximum atomic E-state index is 13.2. The third-order valence-corrected chi connectivity index (χ3v) is 7.21. The van der Waals surface area contributed by atoms with E-state index in [1.165, 1.54) is 17.3 Å². The summed E-state index contributed by atoms with van der Waals surface area (Å²) in [5.74, 6) is 1.52. The van der Waals surface area contributed by atoms with Crippen LogP contribution in [0.3, 0.4) is 0 Å². The van der Waals surface area contributed by atoms with E-state index in [-0.39, 0.29) is 11.2 Å². The molecule has 2 aromatic heterocycles. The monoisotopic (exact) mass is 445 g/mol. The second kappa shape index (κ2) is 8.90. The Hall–Kier alpha value is -2.93. The third kappa shape index (κ3) is 4.21. The van der Waals surface area contributed by atoms with Gasteiger partial charge in [0.1, 0.15) is 5.82 Å². The minimum Gasteiger partial charge on any atom is -0.342 e. The third-order valence-electron chi connectivity index (χ3n) is 6.18. The first kappa shape index (κ1) is 20.9. The van der Waals surface area contributed by atoms with E-state index in [0.717, 1.165) is 48.9 Å². The number of carbonyl (C=O) groups is 1. The summed E-state index contributed by atoms with van der Waals surface area (Å²) in [4.78, 5) is 24.6. The maximum absolute atomic E-state index is 13.2. The number of benzene rings is 2. The molecule has 0 unspecified atom stereocenters. The SMILES string of the molecule is Cc1nc2c3ccccc3nc(S[C@H](C)C(=O)N3CCC(Cc4ccccc4)CC3)n2n1. The normalized spacial score (nSPS) is 16.0. The summed E-state index contributed by atoms with van der Waals surface area (Å²) < 4.78 is 1.78. The Labute approximate surface area is 192 Å². The lowest BCUT2D eigenvalue weighted by Crippen LogP contribution is -2.42. The minimum atomic E-state index is -0.234. The lowest BCUT2D eigenvalue weighted by Gasteiger charge is -2.33. The molecular formula is C25H27N5OS. The van der Waals surface area contributed by atoms with Crippen LogP contribution in [0.25, 0.3) is 16.6 Å². The highest BCUT2D eigenvalue weighted by Crippen LogP contribution is 2.29. The number of amides is 1. The second-order valence-corrected chi connectivity index (χ2v) is 9.83. The number of hydrogen-bond acceptors (Lipinski definition) is 5. The van der Waals surface area contributed by atoms with E-state index in [1.54, 1.807) is 4.52 Å². The Bertz CT molecular complexity index is 1250. The van der Waals surface area contributed by atoms with Crippen molar-refractivity contribution in [1.29, 1.82) is 0 Å². The van der Waals surface area contributed by atoms with E-state index in [1.807, 2.05) is 43.0 Å². The van der Waals surface area contributed by atoms with Crippen molar-refractivity contribution in [2.75, 3.05) is 13.1 Å². The van der Waals surface area contributed by atoms with E-state index in [9.17, 15) is 4.79 Å².